The highest BCUT2D eigenvalue weighted by Crippen LogP contribution is 1.14. The van der Waals surface area contributed by atoms with Crippen molar-refractivity contribution in [1.29, 1.82) is 0 Å². The second-order valence-electron chi connectivity index (χ2n) is 0.236. The van der Waals surface area contributed by atoms with Gasteiger partial charge in [0.15, 0.2) is 0 Å². The van der Waals surface area contributed by atoms with E-state index in [0.29, 0.717) is 0 Å². The van der Waals surface area contributed by atoms with Gasteiger partial charge in [0, 0.05) is 1.43 Å². The Balaban J connectivity index is -0.0000000275. The Morgan fingerprint density at radius 3 is 1.60 bits per heavy atom. The summed E-state index contributed by atoms with van der Waals surface area (Å²) in [6, 6.07) is 0. The SMILES string of the molecule is CC.CC=O.[3HH]. The number of rotatable bonds is 0. The van der Waals surface area contributed by atoms with E-state index in [1.165, 1.54) is 6.92 Å². The van der Waals surface area contributed by atoms with Crippen LogP contribution in [0.3, 0.4) is 0 Å². The maximum absolute atomic E-state index is 8.81. The second kappa shape index (κ2) is 58.3. The lowest BCUT2D eigenvalue weighted by Gasteiger charge is -1.23. The van der Waals surface area contributed by atoms with Crippen molar-refractivity contribution in [3.8, 4) is 0 Å². The van der Waals surface area contributed by atoms with E-state index in [4.69, 9.17) is 4.79 Å². The highest BCUT2D eigenvalue weighted by molar-refractivity contribution is 5.44. The molecule has 1 nitrogen and oxygen atoms in total. The lowest BCUT2D eigenvalue weighted by Crippen LogP contribution is -1.36. The highest BCUT2D eigenvalue weighted by Gasteiger charge is 1.24. The molecule has 0 amide bonds. The molecule has 0 heterocycles. The van der Waals surface area contributed by atoms with Crippen molar-refractivity contribution in [2.24, 2.45) is 0 Å². The van der Waals surface area contributed by atoms with Crippen molar-refractivity contribution >= 4 is 6.29 Å². The molecule has 0 atom stereocenters. The second-order valence-corrected chi connectivity index (χ2v) is 0.236. The van der Waals surface area contributed by atoms with Crippen LogP contribution in [0.5, 0.6) is 0 Å². The van der Waals surface area contributed by atoms with Crippen molar-refractivity contribution in [3.05, 3.63) is 0 Å². The smallest absolute Gasteiger partial charge is 0.116 e. The van der Waals surface area contributed by atoms with Gasteiger partial charge >= 0.3 is 0 Å². The Hall–Kier alpha value is -0.330. The van der Waals surface area contributed by atoms with E-state index >= 15 is 0 Å². The molecule has 0 spiro atoms. The van der Waals surface area contributed by atoms with Gasteiger partial charge in [-0.3, -0.25) is 0 Å². The zero-order valence-electron chi connectivity index (χ0n) is 3.99. The van der Waals surface area contributed by atoms with E-state index in [1.807, 2.05) is 13.8 Å². The Morgan fingerprint density at radius 2 is 1.60 bits per heavy atom. The molecule has 0 aliphatic carbocycles. The molecule has 0 unspecified atom stereocenters. The van der Waals surface area contributed by atoms with E-state index in [1.54, 1.807) is 0 Å². The number of hydrogen-bond acceptors (Lipinski definition) is 1. The minimum atomic E-state index is 0. The summed E-state index contributed by atoms with van der Waals surface area (Å²) in [5.74, 6) is 0. The fourth-order valence-corrected chi connectivity index (χ4v) is 0. The molecule has 0 aliphatic heterocycles. The van der Waals surface area contributed by atoms with Crippen molar-refractivity contribution in [1.82, 2.24) is 0 Å². The third kappa shape index (κ3) is 94.0. The predicted molar refractivity (Wildman–Crippen MR) is 25.2 cm³/mol. The minimum absolute atomic E-state index is 0. The van der Waals surface area contributed by atoms with Crippen molar-refractivity contribution < 1.29 is 6.22 Å². The molecule has 1 heteroatoms. The van der Waals surface area contributed by atoms with Crippen LogP contribution in [0.4, 0.5) is 0 Å². The largest absolute Gasteiger partial charge is 0.304 e. The van der Waals surface area contributed by atoms with E-state index in [0.717, 1.165) is 6.29 Å². The average Bonchev–Trinajstić information content (AvgIpc) is 1.46. The van der Waals surface area contributed by atoms with Gasteiger partial charge in [0.1, 0.15) is 6.29 Å². The third-order valence-corrected chi connectivity index (χ3v) is 0. The first-order chi connectivity index (χ1) is 2.41. The van der Waals surface area contributed by atoms with Crippen LogP contribution >= 0.6 is 0 Å². The summed E-state index contributed by atoms with van der Waals surface area (Å²) in [7, 11) is 0. The van der Waals surface area contributed by atoms with Crippen LogP contribution in [0.15, 0.2) is 0 Å². The van der Waals surface area contributed by atoms with Gasteiger partial charge in [-0.15, -0.1) is 0 Å². The number of carbonyl (C=O) groups is 1. The molecule has 0 aromatic rings. The van der Waals surface area contributed by atoms with Crippen LogP contribution < -0.4 is 0 Å². The van der Waals surface area contributed by atoms with Gasteiger partial charge in [-0.1, -0.05) is 13.8 Å². The molecule has 0 aromatic carbocycles. The quantitative estimate of drug-likeness (QED) is 0.401. The standard InChI is InChI=1S/C2H4O.C2H6.H2/c1-2-3;1-2;/h2H,1H3;1-2H3;1H/i;;1+2. The van der Waals surface area contributed by atoms with Crippen LogP contribution in [0.25, 0.3) is 0 Å². The zero-order chi connectivity index (χ0) is 4.71. The maximum atomic E-state index is 8.81. The number of hydrogen-bond donors (Lipinski definition) is 0. The summed E-state index contributed by atoms with van der Waals surface area (Å²) >= 11 is 0. The van der Waals surface area contributed by atoms with E-state index in [-0.39, 0.29) is 1.43 Å². The summed E-state index contributed by atoms with van der Waals surface area (Å²) in [5, 5.41) is 0. The van der Waals surface area contributed by atoms with Gasteiger partial charge in [-0.2, -0.15) is 0 Å². The monoisotopic (exact) mass is 78.1 g/mol. The summed E-state index contributed by atoms with van der Waals surface area (Å²) < 4.78 is 0. The van der Waals surface area contributed by atoms with Gasteiger partial charge in [0.25, 0.3) is 0 Å². The lowest BCUT2D eigenvalue weighted by molar-refractivity contribution is -0.106. The van der Waals surface area contributed by atoms with Gasteiger partial charge in [0.05, 0.1) is 0 Å². The first kappa shape index (κ1) is 8.82. The maximum Gasteiger partial charge on any atom is 0.116 e. The Bertz CT molecular complexity index is 15.0. The van der Waals surface area contributed by atoms with Crippen LogP contribution in [-0.4, -0.2) is 6.29 Å². The Morgan fingerprint density at radius 1 is 1.60 bits per heavy atom. The van der Waals surface area contributed by atoms with Gasteiger partial charge in [-0.25, -0.2) is 0 Å². The van der Waals surface area contributed by atoms with Crippen LogP contribution in [0, 0.1) is 0 Å². The molecular weight excluding hydrogens is 64.0 g/mol. The normalized spacial score (nSPS) is 3.80. The van der Waals surface area contributed by atoms with E-state index in [2.05, 4.69) is 0 Å². The summed E-state index contributed by atoms with van der Waals surface area (Å²) in [6.07, 6.45) is 0.750. The van der Waals surface area contributed by atoms with Gasteiger partial charge in [-0.05, 0) is 6.92 Å². The zero-order valence-corrected chi connectivity index (χ0v) is 3.99. The molecule has 0 bridgehead atoms. The predicted octanol–water partition coefficient (Wildman–Crippen LogP) is 1.48. The molecule has 34 valence electrons. The Kier molecular flexibility index (Phi) is 103. The fraction of sp³-hybridized carbons (Fsp3) is 0.750. The van der Waals surface area contributed by atoms with E-state index < -0.39 is 0 Å². The molecule has 0 saturated carbocycles. The molecule has 5 heavy (non-hydrogen) atoms. The van der Waals surface area contributed by atoms with Crippen molar-refractivity contribution in [3.63, 3.8) is 0 Å². The van der Waals surface area contributed by atoms with E-state index in [9.17, 15) is 0 Å². The number of carbonyl (C=O) groups excluding carboxylic acids is 1. The molecular formula is C4H12O. The third-order valence-electron chi connectivity index (χ3n) is 0. The highest BCUT2D eigenvalue weighted by atomic mass is 16.1. The average molecular weight is 78.1 g/mol. The van der Waals surface area contributed by atoms with Crippen LogP contribution in [0.2, 0.25) is 0 Å². The van der Waals surface area contributed by atoms with Crippen LogP contribution in [0.1, 0.15) is 22.2 Å². The molecule has 0 aromatic heterocycles. The fourth-order valence-electron chi connectivity index (χ4n) is 0. The summed E-state index contributed by atoms with van der Waals surface area (Å²) in [4.78, 5) is 8.81. The van der Waals surface area contributed by atoms with Crippen LogP contribution in [-0.2, 0) is 4.79 Å². The summed E-state index contributed by atoms with van der Waals surface area (Å²) in [5.41, 5.74) is 0. The number of aldehydes is 1. The Labute approximate surface area is 34.5 Å². The van der Waals surface area contributed by atoms with Crippen molar-refractivity contribution in [2.75, 3.05) is 0 Å². The molecule has 0 aliphatic rings. The molecule has 0 N–H and O–H groups in total. The topological polar surface area (TPSA) is 17.1 Å². The van der Waals surface area contributed by atoms with Gasteiger partial charge < -0.3 is 4.79 Å². The van der Waals surface area contributed by atoms with Crippen molar-refractivity contribution in [2.45, 2.75) is 20.8 Å². The molecule has 0 fully saturated rings. The minimum Gasteiger partial charge on any atom is -0.304 e. The molecule has 0 rings (SSSR count). The first-order valence-corrected chi connectivity index (χ1v) is 1.81. The summed E-state index contributed by atoms with van der Waals surface area (Å²) in [6.45, 7) is 5.44. The van der Waals surface area contributed by atoms with Gasteiger partial charge in [0.2, 0.25) is 0 Å². The molecule has 0 radical (unpaired) electrons. The lowest BCUT2D eigenvalue weighted by atomic mass is 11.0. The first-order valence-electron chi connectivity index (χ1n) is 1.81. The molecule has 0 saturated heterocycles.